The van der Waals surface area contributed by atoms with Gasteiger partial charge in [-0.1, -0.05) is 0 Å². The Bertz CT molecular complexity index is 2360. The molecular weight excluding hydrogens is 822 g/mol. The Hall–Kier alpha value is -5.11. The number of benzene rings is 1. The zero-order valence-electron chi connectivity index (χ0n) is 35.8. The van der Waals surface area contributed by atoms with E-state index in [1.807, 2.05) is 20.8 Å². The summed E-state index contributed by atoms with van der Waals surface area (Å²) in [6.45, 7) is 15.2. The van der Waals surface area contributed by atoms with E-state index in [9.17, 15) is 36.0 Å². The van der Waals surface area contributed by atoms with Crippen LogP contribution in [0.2, 0.25) is 0 Å². The number of ether oxygens (including phenoxy) is 3. The molecule has 3 aromatic rings. The second-order valence-electron chi connectivity index (χ2n) is 17.7. The van der Waals surface area contributed by atoms with E-state index in [0.717, 1.165) is 34.2 Å². The van der Waals surface area contributed by atoms with Crippen LogP contribution in [0.5, 0.6) is 5.75 Å². The molecule has 1 unspecified atom stereocenters. The Morgan fingerprint density at radius 2 is 1.72 bits per heavy atom. The van der Waals surface area contributed by atoms with Crippen LogP contribution < -0.4 is 20.5 Å². The van der Waals surface area contributed by atoms with Gasteiger partial charge in [0.05, 0.1) is 30.2 Å². The highest BCUT2D eigenvalue weighted by Crippen LogP contribution is 2.42. The number of nitrogens with one attached hydrogen (secondary N) is 2. The van der Waals surface area contributed by atoms with Gasteiger partial charge in [0.1, 0.15) is 39.9 Å². The van der Waals surface area contributed by atoms with Gasteiger partial charge in [-0.05, 0) is 122 Å². The maximum absolute atomic E-state index is 14.1. The van der Waals surface area contributed by atoms with Gasteiger partial charge < -0.3 is 39.5 Å². The zero-order valence-corrected chi connectivity index (χ0v) is 36.6. The zero-order chi connectivity index (χ0) is 44.9. The number of rotatable bonds is 9. The summed E-state index contributed by atoms with van der Waals surface area (Å²) in [5.41, 5.74) is 5.93. The van der Waals surface area contributed by atoms with Gasteiger partial charge in [0.15, 0.2) is 0 Å². The van der Waals surface area contributed by atoms with E-state index in [1.165, 1.54) is 17.2 Å². The molecule has 2 saturated heterocycles. The average molecular weight is 877 g/mol. The van der Waals surface area contributed by atoms with Gasteiger partial charge in [0, 0.05) is 32.0 Å². The lowest BCUT2D eigenvalue weighted by Gasteiger charge is -2.40. The van der Waals surface area contributed by atoms with Crippen molar-refractivity contribution in [2.24, 2.45) is 10.7 Å². The summed E-state index contributed by atoms with van der Waals surface area (Å²) >= 11 is 0. The Morgan fingerprint density at radius 3 is 2.41 bits per heavy atom. The lowest BCUT2D eigenvalue weighted by molar-refractivity contribution is -0.138. The Morgan fingerprint density at radius 1 is 1.02 bits per heavy atom. The predicted octanol–water partition coefficient (Wildman–Crippen LogP) is 4.79. The molecule has 6 rings (SSSR count). The van der Waals surface area contributed by atoms with Crippen molar-refractivity contribution in [3.8, 4) is 5.75 Å². The first kappa shape index (κ1) is 45.4. The third kappa shape index (κ3) is 10.2. The molecule has 0 radical (unpaired) electrons. The number of carbonyl (C=O) groups excluding carboxylic acids is 3. The molecule has 2 atom stereocenters. The van der Waals surface area contributed by atoms with Crippen LogP contribution in [0, 0.1) is 20.8 Å². The number of morpholine rings is 1. The van der Waals surface area contributed by atoms with Gasteiger partial charge >= 0.3 is 12.3 Å². The molecule has 3 amide bonds. The third-order valence-corrected chi connectivity index (χ3v) is 12.9. The van der Waals surface area contributed by atoms with Crippen molar-refractivity contribution in [3.05, 3.63) is 58.0 Å². The maximum Gasteiger partial charge on any atom is 0.417 e. The summed E-state index contributed by atoms with van der Waals surface area (Å²) in [5, 5.41) is 2.67. The van der Waals surface area contributed by atoms with Crippen LogP contribution in [0.4, 0.5) is 18.0 Å². The minimum atomic E-state index is -4.56. The standard InChI is InChI=1S/C41H55F3N8O8S/c1-24-25(2)33(26(3)28-13-14-39(7,8)59-32(24)28)61(56,57)49-36(45)46-16-9-10-29(48-37(55)60-38(4,5)6)34(53)50-17-15-40(22-50)23-51(18-19-58-40)35(54)30-21-52-20-27(41(42,43)44)11-12-31(52)47-30/h11-12,20-21,29H,9-10,13-19,22-23H2,1-8H3,(H,48,55)(H3,45,46,49)/t29-,40?/m0/s1. The minimum Gasteiger partial charge on any atom is -0.487 e. The van der Waals surface area contributed by atoms with E-state index in [4.69, 9.17) is 19.9 Å². The molecule has 5 heterocycles. The number of carbonyl (C=O) groups is 3. The van der Waals surface area contributed by atoms with Gasteiger partial charge in [0.2, 0.25) is 11.9 Å². The minimum absolute atomic E-state index is 0.0168. The van der Waals surface area contributed by atoms with Crippen LogP contribution in [-0.4, -0.2) is 114 Å². The van der Waals surface area contributed by atoms with Crippen molar-refractivity contribution in [1.29, 1.82) is 0 Å². The fourth-order valence-electron chi connectivity index (χ4n) is 8.12. The summed E-state index contributed by atoms with van der Waals surface area (Å²) in [7, 11) is -4.14. The van der Waals surface area contributed by atoms with Gasteiger partial charge in [-0.2, -0.15) is 13.2 Å². The smallest absolute Gasteiger partial charge is 0.417 e. The van der Waals surface area contributed by atoms with Crippen molar-refractivity contribution in [2.45, 2.75) is 121 Å². The van der Waals surface area contributed by atoms with Crippen LogP contribution in [-0.2, 0) is 36.9 Å². The largest absolute Gasteiger partial charge is 0.487 e. The van der Waals surface area contributed by atoms with E-state index in [1.54, 1.807) is 39.5 Å². The molecule has 0 saturated carbocycles. The number of likely N-dealkylation sites (tertiary alicyclic amines) is 1. The fourth-order valence-corrected chi connectivity index (χ4v) is 9.64. The highest BCUT2D eigenvalue weighted by Gasteiger charge is 2.47. The molecule has 20 heteroatoms. The van der Waals surface area contributed by atoms with Crippen LogP contribution >= 0.6 is 0 Å². The first-order valence-electron chi connectivity index (χ1n) is 20.2. The Balaban J connectivity index is 1.10. The van der Waals surface area contributed by atoms with Crippen LogP contribution in [0.15, 0.2) is 34.4 Å². The Kier molecular flexibility index (Phi) is 12.4. The summed E-state index contributed by atoms with van der Waals surface area (Å²) in [4.78, 5) is 52.2. The second-order valence-corrected chi connectivity index (χ2v) is 19.3. The summed E-state index contributed by atoms with van der Waals surface area (Å²) in [5.74, 6) is -0.537. The highest BCUT2D eigenvalue weighted by molar-refractivity contribution is 7.90. The molecule has 4 N–H and O–H groups in total. The van der Waals surface area contributed by atoms with Gasteiger partial charge in [-0.15, -0.1) is 0 Å². The maximum atomic E-state index is 14.1. The van der Waals surface area contributed by atoms with Crippen molar-refractivity contribution in [1.82, 2.24) is 29.2 Å². The first-order valence-corrected chi connectivity index (χ1v) is 21.7. The van der Waals surface area contributed by atoms with Crippen molar-refractivity contribution in [3.63, 3.8) is 0 Å². The molecule has 0 aliphatic carbocycles. The number of fused-ring (bicyclic) bond motifs is 2. The average Bonchev–Trinajstić information content (AvgIpc) is 3.77. The molecule has 2 fully saturated rings. The SMILES string of the molecule is Cc1c(C)c(S(=O)(=O)NC(N)=NCCC[C@H](NC(=O)OC(C)(C)C)C(=O)N2CCC3(CN(C(=O)c4cn5cc(C(F)(F)F)ccc5n4)CCO3)C2)c(C)c2c1OC(C)(C)CC2. The topological polar surface area (TPSA) is 199 Å². The number of imidazole rings is 1. The predicted molar refractivity (Wildman–Crippen MR) is 219 cm³/mol. The van der Waals surface area contributed by atoms with Gasteiger partial charge in [0.25, 0.3) is 15.9 Å². The number of aromatic nitrogens is 2. The molecule has 3 aliphatic heterocycles. The summed E-state index contributed by atoms with van der Waals surface area (Å²) in [6, 6.07) is 1.04. The quantitative estimate of drug-likeness (QED) is 0.153. The monoisotopic (exact) mass is 876 g/mol. The fraction of sp³-hybridized carbons (Fsp3) is 0.585. The molecule has 0 bridgehead atoms. The number of pyridine rings is 1. The lowest BCUT2D eigenvalue weighted by Crippen LogP contribution is -2.56. The molecule has 16 nitrogen and oxygen atoms in total. The van der Waals surface area contributed by atoms with Crippen LogP contribution in [0.1, 0.15) is 98.6 Å². The summed E-state index contributed by atoms with van der Waals surface area (Å²) < 4.78 is 88.7. The van der Waals surface area contributed by atoms with Crippen molar-refractivity contribution >= 4 is 39.5 Å². The molecule has 2 aromatic heterocycles. The summed E-state index contributed by atoms with van der Waals surface area (Å²) in [6.07, 6.45) is -1.16. The number of nitrogens with zero attached hydrogens (tertiary/aromatic N) is 5. The molecular formula is C41H55F3N8O8S. The van der Waals surface area contributed by atoms with Crippen LogP contribution in [0.3, 0.4) is 0 Å². The molecule has 3 aliphatic rings. The third-order valence-electron chi connectivity index (χ3n) is 11.3. The number of alkyl halides is 3. The van der Waals surface area contributed by atoms with E-state index in [2.05, 4.69) is 20.0 Å². The molecule has 1 aromatic carbocycles. The molecule has 61 heavy (non-hydrogen) atoms. The molecule has 1 spiro atoms. The van der Waals surface area contributed by atoms with Gasteiger partial charge in [-0.3, -0.25) is 14.6 Å². The van der Waals surface area contributed by atoms with E-state index < -0.39 is 56.9 Å². The number of guanidine groups is 1. The van der Waals surface area contributed by atoms with E-state index >= 15 is 0 Å². The number of sulfonamides is 1. The lowest BCUT2D eigenvalue weighted by atomic mass is 9.88. The highest BCUT2D eigenvalue weighted by atomic mass is 32.2. The number of hydrogen-bond acceptors (Lipinski definition) is 10. The normalized spacial score (nSPS) is 20.0. The number of nitrogens with two attached hydrogens (primary N) is 1. The van der Waals surface area contributed by atoms with Crippen molar-refractivity contribution in [2.75, 3.05) is 39.3 Å². The van der Waals surface area contributed by atoms with Crippen molar-refractivity contribution < 1.29 is 50.2 Å². The molecule has 334 valence electrons. The number of hydrogen-bond donors (Lipinski definition) is 3. The number of alkyl carbamates (subject to hydrolysis) is 1. The first-order chi connectivity index (χ1) is 28.3. The number of halogens is 3. The van der Waals surface area contributed by atoms with E-state index in [-0.39, 0.29) is 80.0 Å². The number of aliphatic imine (C=N–C) groups is 1. The van der Waals surface area contributed by atoms with E-state index in [0.29, 0.717) is 29.7 Å². The number of amides is 3. The second kappa shape index (κ2) is 16.6. The van der Waals surface area contributed by atoms with Gasteiger partial charge in [-0.25, -0.2) is 22.9 Å². The Labute approximate surface area is 353 Å². The van der Waals surface area contributed by atoms with Crippen LogP contribution in [0.25, 0.3) is 5.65 Å².